The minimum atomic E-state index is -1.14. The average Bonchev–Trinajstić information content (AvgIpc) is 2.55. The lowest BCUT2D eigenvalue weighted by Gasteiger charge is -2.17. The van der Waals surface area contributed by atoms with Crippen LogP contribution in [0.2, 0.25) is 0 Å². The average molecular weight is 254 g/mol. The van der Waals surface area contributed by atoms with Crippen molar-refractivity contribution in [3.63, 3.8) is 0 Å². The van der Waals surface area contributed by atoms with Crippen molar-refractivity contribution in [2.24, 2.45) is 11.7 Å². The predicted molar refractivity (Wildman–Crippen MR) is 59.9 cm³/mol. The Morgan fingerprint density at radius 3 is 2.00 bits per heavy atom. The van der Waals surface area contributed by atoms with E-state index in [2.05, 4.69) is 0 Å². The summed E-state index contributed by atoms with van der Waals surface area (Å²) in [4.78, 5) is 24.8. The maximum atomic E-state index is 13.1. The minimum absolute atomic E-state index is 0.0677. The van der Waals surface area contributed by atoms with Crippen molar-refractivity contribution in [1.29, 1.82) is 0 Å². The molecule has 0 fully saturated rings. The van der Waals surface area contributed by atoms with Crippen molar-refractivity contribution in [3.05, 3.63) is 34.9 Å². The third-order valence-corrected chi connectivity index (χ3v) is 2.91. The Hall–Kier alpha value is -1.82. The van der Waals surface area contributed by atoms with Gasteiger partial charge < -0.3 is 5.73 Å². The second-order valence-corrected chi connectivity index (χ2v) is 4.37. The van der Waals surface area contributed by atoms with E-state index in [9.17, 15) is 18.4 Å². The molecule has 6 heteroatoms. The van der Waals surface area contributed by atoms with Crippen molar-refractivity contribution in [2.75, 3.05) is 13.1 Å². The Balaban J connectivity index is 2.38. The summed E-state index contributed by atoms with van der Waals surface area (Å²) in [5.41, 5.74) is 5.24. The fourth-order valence-electron chi connectivity index (χ4n) is 1.84. The number of amides is 2. The lowest BCUT2D eigenvalue weighted by atomic mass is 10.1. The van der Waals surface area contributed by atoms with Crippen LogP contribution in [0.1, 0.15) is 27.6 Å². The summed E-state index contributed by atoms with van der Waals surface area (Å²) in [6, 6.07) is 1.52. The molecule has 0 radical (unpaired) electrons. The van der Waals surface area contributed by atoms with E-state index in [0.29, 0.717) is 6.54 Å². The monoisotopic (exact) mass is 254 g/mol. The van der Waals surface area contributed by atoms with Crippen LogP contribution in [-0.2, 0) is 0 Å². The normalized spacial score (nSPS) is 16.1. The van der Waals surface area contributed by atoms with Crippen LogP contribution in [0.4, 0.5) is 8.78 Å². The van der Waals surface area contributed by atoms with Crippen LogP contribution >= 0.6 is 0 Å². The van der Waals surface area contributed by atoms with Crippen LogP contribution in [-0.4, -0.2) is 29.8 Å². The van der Waals surface area contributed by atoms with Gasteiger partial charge in [0.25, 0.3) is 11.8 Å². The van der Waals surface area contributed by atoms with Gasteiger partial charge in [0.1, 0.15) is 0 Å². The molecule has 0 saturated heterocycles. The summed E-state index contributed by atoms with van der Waals surface area (Å²) in [6.07, 6.45) is 0. The highest BCUT2D eigenvalue weighted by Crippen LogP contribution is 2.25. The number of carbonyl (C=O) groups is 2. The fourth-order valence-corrected chi connectivity index (χ4v) is 1.84. The van der Waals surface area contributed by atoms with Crippen LogP contribution in [0.25, 0.3) is 0 Å². The van der Waals surface area contributed by atoms with Gasteiger partial charge in [0, 0.05) is 6.54 Å². The minimum Gasteiger partial charge on any atom is -0.330 e. The van der Waals surface area contributed by atoms with Gasteiger partial charge in [0.15, 0.2) is 11.6 Å². The first-order valence-electron chi connectivity index (χ1n) is 5.51. The molecule has 18 heavy (non-hydrogen) atoms. The number of nitrogens with zero attached hydrogens (tertiary/aromatic N) is 1. The third kappa shape index (κ3) is 1.88. The van der Waals surface area contributed by atoms with Gasteiger partial charge in [-0.1, -0.05) is 6.92 Å². The number of hydrogen-bond acceptors (Lipinski definition) is 3. The highest BCUT2D eigenvalue weighted by atomic mass is 19.2. The maximum Gasteiger partial charge on any atom is 0.261 e. The zero-order valence-corrected chi connectivity index (χ0v) is 9.74. The zero-order valence-electron chi connectivity index (χ0n) is 9.74. The van der Waals surface area contributed by atoms with E-state index in [1.807, 2.05) is 0 Å². The van der Waals surface area contributed by atoms with Crippen LogP contribution in [0.3, 0.4) is 0 Å². The first-order valence-corrected chi connectivity index (χ1v) is 5.51. The van der Waals surface area contributed by atoms with E-state index in [1.54, 1.807) is 6.92 Å². The summed E-state index contributed by atoms with van der Waals surface area (Å²) in [6.45, 7) is 2.24. The molecule has 4 nitrogen and oxygen atoms in total. The lowest BCUT2D eigenvalue weighted by molar-refractivity contribution is 0.0634. The molecule has 0 bridgehead atoms. The molecule has 1 atom stereocenters. The standard InChI is InChI=1S/C12H12F2N2O2/c1-6(4-15)5-16-11(17)7-2-9(13)10(14)3-8(7)12(16)18/h2-3,6H,4-5,15H2,1H3. The Morgan fingerprint density at radius 2 is 1.61 bits per heavy atom. The summed E-state index contributed by atoms with van der Waals surface area (Å²) < 4.78 is 26.1. The summed E-state index contributed by atoms with van der Waals surface area (Å²) in [5.74, 6) is -3.54. The molecule has 1 aliphatic heterocycles. The number of imide groups is 1. The van der Waals surface area contributed by atoms with Crippen LogP contribution in [0.15, 0.2) is 12.1 Å². The second kappa shape index (κ2) is 4.45. The molecule has 1 heterocycles. The van der Waals surface area contributed by atoms with E-state index < -0.39 is 23.4 Å². The molecule has 2 amide bonds. The maximum absolute atomic E-state index is 13.1. The summed E-state index contributed by atoms with van der Waals surface area (Å²) in [7, 11) is 0. The molecule has 0 spiro atoms. The first kappa shape index (κ1) is 12.6. The molecule has 1 aromatic rings. The van der Waals surface area contributed by atoms with Crippen LogP contribution in [0, 0.1) is 17.6 Å². The molecular weight excluding hydrogens is 242 g/mol. The predicted octanol–water partition coefficient (Wildman–Crippen LogP) is 1.16. The lowest BCUT2D eigenvalue weighted by Crippen LogP contribution is -2.35. The van der Waals surface area contributed by atoms with E-state index in [-0.39, 0.29) is 23.6 Å². The molecule has 0 aromatic heterocycles. The van der Waals surface area contributed by atoms with Crippen molar-refractivity contribution in [1.82, 2.24) is 4.90 Å². The topological polar surface area (TPSA) is 63.4 Å². The van der Waals surface area contributed by atoms with Crippen molar-refractivity contribution >= 4 is 11.8 Å². The highest BCUT2D eigenvalue weighted by Gasteiger charge is 2.37. The molecule has 1 aromatic carbocycles. The highest BCUT2D eigenvalue weighted by molar-refractivity contribution is 6.21. The zero-order chi connectivity index (χ0) is 13.4. The molecule has 1 aliphatic rings. The summed E-state index contributed by atoms with van der Waals surface area (Å²) >= 11 is 0. The quantitative estimate of drug-likeness (QED) is 0.823. The number of nitrogens with two attached hydrogens (primary N) is 1. The van der Waals surface area contributed by atoms with Gasteiger partial charge in [-0.05, 0) is 24.6 Å². The van der Waals surface area contributed by atoms with E-state index >= 15 is 0 Å². The van der Waals surface area contributed by atoms with Crippen LogP contribution < -0.4 is 5.73 Å². The number of hydrogen-bond donors (Lipinski definition) is 1. The molecule has 1 unspecified atom stereocenters. The molecule has 96 valence electrons. The van der Waals surface area contributed by atoms with Crippen LogP contribution in [0.5, 0.6) is 0 Å². The number of halogens is 2. The molecule has 2 rings (SSSR count). The van der Waals surface area contributed by atoms with Gasteiger partial charge in [-0.15, -0.1) is 0 Å². The number of benzene rings is 1. The Morgan fingerprint density at radius 1 is 1.17 bits per heavy atom. The SMILES string of the molecule is CC(CN)CN1C(=O)c2cc(F)c(F)cc2C1=O. The van der Waals surface area contributed by atoms with E-state index in [1.165, 1.54) is 0 Å². The van der Waals surface area contributed by atoms with Crippen molar-refractivity contribution in [2.45, 2.75) is 6.92 Å². The van der Waals surface area contributed by atoms with Gasteiger partial charge in [-0.25, -0.2) is 8.78 Å². The third-order valence-electron chi connectivity index (χ3n) is 2.91. The Labute approximate surface area is 102 Å². The smallest absolute Gasteiger partial charge is 0.261 e. The molecule has 0 saturated carbocycles. The van der Waals surface area contributed by atoms with Gasteiger partial charge in [0.05, 0.1) is 11.1 Å². The second-order valence-electron chi connectivity index (χ2n) is 4.37. The number of fused-ring (bicyclic) bond motifs is 1. The molecular formula is C12H12F2N2O2. The number of carbonyl (C=O) groups excluding carboxylic acids is 2. The first-order chi connectivity index (χ1) is 8.45. The summed E-state index contributed by atoms with van der Waals surface area (Å²) in [5, 5.41) is 0. The van der Waals surface area contributed by atoms with Crippen molar-refractivity contribution < 1.29 is 18.4 Å². The van der Waals surface area contributed by atoms with Gasteiger partial charge in [0.2, 0.25) is 0 Å². The van der Waals surface area contributed by atoms with Crippen molar-refractivity contribution in [3.8, 4) is 0 Å². The fraction of sp³-hybridized carbons (Fsp3) is 0.333. The number of rotatable bonds is 3. The van der Waals surface area contributed by atoms with E-state index in [0.717, 1.165) is 17.0 Å². The van der Waals surface area contributed by atoms with E-state index in [4.69, 9.17) is 5.73 Å². The van der Waals surface area contributed by atoms with Gasteiger partial charge in [-0.3, -0.25) is 14.5 Å². The Kier molecular flexibility index (Phi) is 3.13. The Bertz CT molecular complexity index is 490. The molecule has 0 aliphatic carbocycles. The molecule has 2 N–H and O–H groups in total. The van der Waals surface area contributed by atoms with Gasteiger partial charge in [-0.2, -0.15) is 0 Å². The largest absolute Gasteiger partial charge is 0.330 e. The van der Waals surface area contributed by atoms with Gasteiger partial charge >= 0.3 is 0 Å².